The molecule has 0 saturated heterocycles. The monoisotopic (exact) mass is 521 g/mol. The summed E-state index contributed by atoms with van der Waals surface area (Å²) in [5, 5.41) is 5.43. The van der Waals surface area contributed by atoms with Gasteiger partial charge < -0.3 is 24.8 Å². The number of hydrogen-bond acceptors (Lipinski definition) is 7. The molecular weight excluding hydrogens is 498 g/mol. The van der Waals surface area contributed by atoms with E-state index < -0.39 is 17.7 Å². The van der Waals surface area contributed by atoms with E-state index in [1.165, 1.54) is 14.2 Å². The van der Waals surface area contributed by atoms with Crippen molar-refractivity contribution in [2.75, 3.05) is 36.4 Å². The smallest absolute Gasteiger partial charge is 0.283 e. The van der Waals surface area contributed by atoms with E-state index in [0.717, 1.165) is 4.90 Å². The second-order valence-corrected chi connectivity index (χ2v) is 8.17. The molecule has 1 heterocycles. The molecule has 3 amide bonds. The first-order chi connectivity index (χ1) is 17.9. The molecule has 0 aromatic heterocycles. The summed E-state index contributed by atoms with van der Waals surface area (Å²) in [6, 6.07) is 18.0. The highest BCUT2D eigenvalue weighted by molar-refractivity contribution is 6.53. The van der Waals surface area contributed by atoms with E-state index in [1.54, 1.807) is 66.7 Å². The average molecular weight is 522 g/mol. The van der Waals surface area contributed by atoms with Crippen LogP contribution in [-0.2, 0) is 9.59 Å². The second-order valence-electron chi connectivity index (χ2n) is 7.79. The predicted molar refractivity (Wildman–Crippen MR) is 141 cm³/mol. The van der Waals surface area contributed by atoms with Gasteiger partial charge in [-0.15, -0.1) is 0 Å². The van der Waals surface area contributed by atoms with Crippen molar-refractivity contribution in [1.29, 1.82) is 0 Å². The number of nitrogens with zero attached hydrogens (tertiary/aromatic N) is 1. The van der Waals surface area contributed by atoms with Crippen molar-refractivity contribution in [3.05, 3.63) is 83.0 Å². The van der Waals surface area contributed by atoms with Gasteiger partial charge in [-0.3, -0.25) is 14.4 Å². The predicted octanol–water partition coefficient (Wildman–Crippen LogP) is 4.79. The molecule has 4 rings (SSSR count). The molecule has 3 aromatic rings. The zero-order valence-electron chi connectivity index (χ0n) is 20.3. The Bertz CT molecular complexity index is 1390. The van der Waals surface area contributed by atoms with Gasteiger partial charge in [-0.25, -0.2) is 4.90 Å². The number of imide groups is 1. The quantitative estimate of drug-likeness (QED) is 0.390. The van der Waals surface area contributed by atoms with Gasteiger partial charge in [-0.05, 0) is 61.5 Å². The normalized spacial score (nSPS) is 13.0. The molecule has 0 fully saturated rings. The van der Waals surface area contributed by atoms with Crippen LogP contribution in [0.2, 0.25) is 0 Å². The summed E-state index contributed by atoms with van der Waals surface area (Å²) in [6.07, 6.45) is 0. The van der Waals surface area contributed by atoms with Crippen molar-refractivity contribution in [3.63, 3.8) is 0 Å². The van der Waals surface area contributed by atoms with Crippen molar-refractivity contribution in [2.45, 2.75) is 6.92 Å². The van der Waals surface area contributed by atoms with Crippen molar-refractivity contribution < 1.29 is 28.6 Å². The highest BCUT2D eigenvalue weighted by Gasteiger charge is 2.39. The summed E-state index contributed by atoms with van der Waals surface area (Å²) in [7, 11) is 3.02. The van der Waals surface area contributed by atoms with Crippen LogP contribution >= 0.6 is 11.6 Å². The topological polar surface area (TPSA) is 106 Å². The Morgan fingerprint density at radius 3 is 2.32 bits per heavy atom. The average Bonchev–Trinajstić information content (AvgIpc) is 3.12. The summed E-state index contributed by atoms with van der Waals surface area (Å²) in [5.41, 5.74) is 1.43. The molecule has 37 heavy (non-hydrogen) atoms. The van der Waals surface area contributed by atoms with E-state index >= 15 is 0 Å². The Hall–Kier alpha value is -4.50. The molecule has 0 unspecified atom stereocenters. The molecule has 0 spiro atoms. The van der Waals surface area contributed by atoms with Crippen LogP contribution in [-0.4, -0.2) is 38.5 Å². The maximum atomic E-state index is 13.1. The molecule has 0 bridgehead atoms. The zero-order valence-corrected chi connectivity index (χ0v) is 21.1. The third-order valence-corrected chi connectivity index (χ3v) is 5.83. The van der Waals surface area contributed by atoms with Gasteiger partial charge in [0.1, 0.15) is 28.0 Å². The molecule has 1 aliphatic rings. The lowest BCUT2D eigenvalue weighted by Gasteiger charge is -2.16. The van der Waals surface area contributed by atoms with Gasteiger partial charge >= 0.3 is 0 Å². The number of halogens is 1. The summed E-state index contributed by atoms with van der Waals surface area (Å²) < 4.78 is 15.9. The Morgan fingerprint density at radius 1 is 0.919 bits per heavy atom. The van der Waals surface area contributed by atoms with Gasteiger partial charge in [0.2, 0.25) is 0 Å². The molecule has 10 heteroatoms. The lowest BCUT2D eigenvalue weighted by atomic mass is 10.1. The maximum absolute atomic E-state index is 13.1. The number of methoxy groups -OCH3 is 2. The highest BCUT2D eigenvalue weighted by atomic mass is 35.5. The fraction of sp³-hybridized carbons (Fsp3) is 0.148. The van der Waals surface area contributed by atoms with E-state index in [1.807, 2.05) is 6.92 Å². The summed E-state index contributed by atoms with van der Waals surface area (Å²) in [6.45, 7) is 2.35. The Labute approximate surface area is 218 Å². The number of amides is 3. The molecule has 1 aliphatic heterocycles. The minimum absolute atomic E-state index is 0.0880. The standard InChI is InChI=1S/C27H24ClN3O6/c1-4-37-19-10-8-18(9-11-19)31-26(33)23(28)24(27(31)34)29-17-7-5-6-16(14-17)25(32)30-21-13-12-20(35-2)15-22(21)36-3/h5-15,29H,4H2,1-3H3,(H,30,32). The molecule has 190 valence electrons. The first-order valence-corrected chi connectivity index (χ1v) is 11.7. The van der Waals surface area contributed by atoms with Crippen molar-refractivity contribution in [2.24, 2.45) is 0 Å². The van der Waals surface area contributed by atoms with Gasteiger partial charge in [-0.1, -0.05) is 17.7 Å². The van der Waals surface area contributed by atoms with Crippen LogP contribution in [0.1, 0.15) is 17.3 Å². The van der Waals surface area contributed by atoms with E-state index in [0.29, 0.717) is 46.5 Å². The number of carbonyl (C=O) groups is 3. The third-order valence-electron chi connectivity index (χ3n) is 5.48. The lowest BCUT2D eigenvalue weighted by Crippen LogP contribution is -2.32. The Morgan fingerprint density at radius 2 is 1.65 bits per heavy atom. The molecule has 0 atom stereocenters. The van der Waals surface area contributed by atoms with Crippen LogP contribution in [0.5, 0.6) is 17.2 Å². The van der Waals surface area contributed by atoms with Gasteiger partial charge in [0, 0.05) is 17.3 Å². The second kappa shape index (κ2) is 11.0. The third kappa shape index (κ3) is 5.36. The molecule has 0 saturated carbocycles. The fourth-order valence-electron chi connectivity index (χ4n) is 3.68. The summed E-state index contributed by atoms with van der Waals surface area (Å²) in [4.78, 5) is 39.8. The van der Waals surface area contributed by atoms with Crippen LogP contribution in [0.3, 0.4) is 0 Å². The first-order valence-electron chi connectivity index (χ1n) is 11.3. The number of rotatable bonds is 9. The van der Waals surface area contributed by atoms with Crippen molar-refractivity contribution >= 4 is 46.4 Å². The molecule has 9 nitrogen and oxygen atoms in total. The highest BCUT2D eigenvalue weighted by Crippen LogP contribution is 2.32. The minimum atomic E-state index is -0.654. The number of ether oxygens (including phenoxy) is 3. The summed E-state index contributed by atoms with van der Waals surface area (Å²) in [5.74, 6) is -0.0393. The van der Waals surface area contributed by atoms with Gasteiger partial charge in [0.25, 0.3) is 17.7 Å². The number of nitrogens with one attached hydrogen (secondary N) is 2. The van der Waals surface area contributed by atoms with Crippen LogP contribution in [0.4, 0.5) is 17.1 Å². The maximum Gasteiger partial charge on any atom is 0.283 e. The van der Waals surface area contributed by atoms with Crippen molar-refractivity contribution in [3.8, 4) is 17.2 Å². The Balaban J connectivity index is 1.51. The SMILES string of the molecule is CCOc1ccc(N2C(=O)C(Cl)=C(Nc3cccc(C(=O)Nc4ccc(OC)cc4OC)c3)C2=O)cc1. The zero-order chi connectivity index (χ0) is 26.5. The first kappa shape index (κ1) is 25.6. The molecule has 2 N–H and O–H groups in total. The van der Waals surface area contributed by atoms with E-state index in [9.17, 15) is 14.4 Å². The number of hydrogen-bond donors (Lipinski definition) is 2. The van der Waals surface area contributed by atoms with E-state index in [2.05, 4.69) is 10.6 Å². The minimum Gasteiger partial charge on any atom is -0.497 e. The molecular formula is C27H24ClN3O6. The van der Waals surface area contributed by atoms with E-state index in [4.69, 9.17) is 25.8 Å². The van der Waals surface area contributed by atoms with Gasteiger partial charge in [0.05, 0.1) is 32.2 Å². The molecule has 0 aliphatic carbocycles. The number of benzene rings is 3. The van der Waals surface area contributed by atoms with Crippen LogP contribution in [0.15, 0.2) is 77.5 Å². The van der Waals surface area contributed by atoms with Crippen LogP contribution in [0, 0.1) is 0 Å². The largest absolute Gasteiger partial charge is 0.497 e. The fourth-order valence-corrected chi connectivity index (χ4v) is 3.90. The van der Waals surface area contributed by atoms with Crippen molar-refractivity contribution in [1.82, 2.24) is 0 Å². The van der Waals surface area contributed by atoms with Crippen LogP contribution < -0.4 is 29.7 Å². The summed E-state index contributed by atoms with van der Waals surface area (Å²) >= 11 is 6.24. The lowest BCUT2D eigenvalue weighted by molar-refractivity contribution is -0.120. The molecule has 3 aromatic carbocycles. The molecule has 0 radical (unpaired) electrons. The van der Waals surface area contributed by atoms with Gasteiger partial charge in [-0.2, -0.15) is 0 Å². The number of carbonyl (C=O) groups excluding carboxylic acids is 3. The Kier molecular flexibility index (Phi) is 7.64. The van der Waals surface area contributed by atoms with Crippen LogP contribution in [0.25, 0.3) is 0 Å². The van der Waals surface area contributed by atoms with E-state index in [-0.39, 0.29) is 10.7 Å². The number of anilines is 3. The van der Waals surface area contributed by atoms with Gasteiger partial charge in [0.15, 0.2) is 0 Å².